The molecule has 0 aromatic carbocycles. The van der Waals surface area contributed by atoms with Crippen LogP contribution in [0.2, 0.25) is 0 Å². The summed E-state index contributed by atoms with van der Waals surface area (Å²) in [5.41, 5.74) is 0. The standard InChI is InChI=1S/3C7H12O4.2La.H2O/c3*1-5(4-7(10)11)2-3-6(8)9;;;/h3*5H,2-4H2,1H3,(H,8,9)(H,10,11);;;1H2. The molecule has 3 atom stereocenters. The minimum atomic E-state index is -0.873. The van der Waals surface area contributed by atoms with E-state index in [2.05, 4.69) is 0 Å². The maximum Gasteiger partial charge on any atom is 0.303 e. The molecule has 36 heavy (non-hydrogen) atoms. The molecule has 0 aliphatic carbocycles. The van der Waals surface area contributed by atoms with E-state index in [0.29, 0.717) is 19.3 Å². The predicted octanol–water partition coefficient (Wildman–Crippen LogP) is 2.06. The molecular weight excluding hydrogens is 738 g/mol. The fourth-order valence-corrected chi connectivity index (χ4v) is 2.31. The second-order valence-electron chi connectivity index (χ2n) is 7.91. The Bertz CT molecular complexity index is 556. The van der Waals surface area contributed by atoms with Crippen LogP contribution < -0.4 is 0 Å². The molecule has 0 aromatic rings. The van der Waals surface area contributed by atoms with Crippen molar-refractivity contribution in [2.45, 2.75) is 78.6 Å². The summed E-state index contributed by atoms with van der Waals surface area (Å²) in [6.45, 7) is 5.20. The van der Waals surface area contributed by atoms with Crippen LogP contribution in [0.1, 0.15) is 78.6 Å². The quantitative estimate of drug-likeness (QED) is 0.140. The van der Waals surface area contributed by atoms with Crippen LogP contribution in [0.5, 0.6) is 0 Å². The van der Waals surface area contributed by atoms with Gasteiger partial charge in [0.15, 0.2) is 0 Å². The molecule has 13 nitrogen and oxygen atoms in total. The summed E-state index contributed by atoms with van der Waals surface area (Å²) >= 11 is 0. The van der Waals surface area contributed by atoms with Gasteiger partial charge >= 0.3 is 35.8 Å². The van der Waals surface area contributed by atoms with E-state index >= 15 is 0 Å². The van der Waals surface area contributed by atoms with Crippen LogP contribution in [0.4, 0.5) is 0 Å². The number of carboxylic acids is 6. The van der Waals surface area contributed by atoms with Crippen LogP contribution in [0.25, 0.3) is 0 Å². The first-order chi connectivity index (χ1) is 15.1. The summed E-state index contributed by atoms with van der Waals surface area (Å²) in [7, 11) is 0. The second kappa shape index (κ2) is 30.4. The molecule has 0 amide bonds. The van der Waals surface area contributed by atoms with Gasteiger partial charge in [0.05, 0.1) is 0 Å². The molecule has 0 aliphatic rings. The first-order valence-electron chi connectivity index (χ1n) is 10.4. The molecule has 0 heterocycles. The zero-order valence-electron chi connectivity index (χ0n) is 20.9. The van der Waals surface area contributed by atoms with Gasteiger partial charge in [-0.3, -0.25) is 28.8 Å². The summed E-state index contributed by atoms with van der Waals surface area (Å²) < 4.78 is 0. The molecule has 206 valence electrons. The Hall–Kier alpha value is -0.830. The van der Waals surface area contributed by atoms with Gasteiger partial charge in [-0.05, 0) is 37.0 Å². The average molecular weight is 776 g/mol. The number of carbonyl (C=O) groups is 6. The van der Waals surface area contributed by atoms with Crippen molar-refractivity contribution < 1.29 is 136 Å². The van der Waals surface area contributed by atoms with Gasteiger partial charge in [0.1, 0.15) is 0 Å². The molecule has 2 radical (unpaired) electrons. The first-order valence-corrected chi connectivity index (χ1v) is 10.4. The van der Waals surface area contributed by atoms with E-state index in [1.54, 1.807) is 20.8 Å². The van der Waals surface area contributed by atoms with Gasteiger partial charge in [-0.1, -0.05) is 20.8 Å². The molecule has 0 spiro atoms. The summed E-state index contributed by atoms with van der Waals surface area (Å²) in [5.74, 6) is -5.39. The van der Waals surface area contributed by atoms with Gasteiger partial charge in [-0.2, -0.15) is 0 Å². The van der Waals surface area contributed by atoms with Crippen molar-refractivity contribution in [3.05, 3.63) is 0 Å². The zero-order chi connectivity index (χ0) is 26.6. The maximum absolute atomic E-state index is 10.1. The third-order valence-electron chi connectivity index (χ3n) is 4.12. The Kier molecular flexibility index (Phi) is 40.7. The van der Waals surface area contributed by atoms with Crippen molar-refractivity contribution in [1.29, 1.82) is 0 Å². The minimum absolute atomic E-state index is 0. The number of hydrogen-bond donors (Lipinski definition) is 6. The molecule has 0 saturated heterocycles. The van der Waals surface area contributed by atoms with Crippen LogP contribution >= 0.6 is 0 Å². The molecule has 0 rings (SSSR count). The van der Waals surface area contributed by atoms with E-state index in [4.69, 9.17) is 30.6 Å². The van der Waals surface area contributed by atoms with Crippen molar-refractivity contribution in [3.8, 4) is 0 Å². The van der Waals surface area contributed by atoms with Crippen molar-refractivity contribution in [2.75, 3.05) is 0 Å². The van der Waals surface area contributed by atoms with Crippen molar-refractivity contribution in [2.24, 2.45) is 17.8 Å². The van der Waals surface area contributed by atoms with E-state index in [-0.39, 0.29) is 133 Å². The van der Waals surface area contributed by atoms with Crippen molar-refractivity contribution >= 4 is 35.8 Å². The van der Waals surface area contributed by atoms with Crippen molar-refractivity contribution in [3.63, 3.8) is 0 Å². The summed E-state index contributed by atoms with van der Waals surface area (Å²) in [5, 5.41) is 49.7. The molecule has 0 saturated carbocycles. The molecule has 3 unspecified atom stereocenters. The first kappa shape index (κ1) is 48.3. The van der Waals surface area contributed by atoms with Gasteiger partial charge in [0.2, 0.25) is 0 Å². The fraction of sp³-hybridized carbons (Fsp3) is 0.714. The van der Waals surface area contributed by atoms with Gasteiger partial charge in [-0.15, -0.1) is 0 Å². The van der Waals surface area contributed by atoms with Crippen LogP contribution in [-0.4, -0.2) is 71.9 Å². The average Bonchev–Trinajstić information content (AvgIpc) is 2.62. The molecule has 0 bridgehead atoms. The third kappa shape index (κ3) is 50.1. The van der Waals surface area contributed by atoms with Crippen LogP contribution in [0.3, 0.4) is 0 Å². The Balaban J connectivity index is -0.0000000900. The maximum atomic E-state index is 10.1. The van der Waals surface area contributed by atoms with E-state index in [1.807, 2.05) is 0 Å². The molecular formula is C21H38La2O13. The Morgan fingerprint density at radius 2 is 0.611 bits per heavy atom. The van der Waals surface area contributed by atoms with Gasteiger partial charge in [0, 0.05) is 110 Å². The van der Waals surface area contributed by atoms with E-state index < -0.39 is 35.8 Å². The Morgan fingerprint density at radius 3 is 0.722 bits per heavy atom. The summed E-state index contributed by atoms with van der Waals surface area (Å²) in [6.07, 6.45) is 1.59. The van der Waals surface area contributed by atoms with Crippen LogP contribution in [-0.2, 0) is 28.8 Å². The molecule has 0 aromatic heterocycles. The van der Waals surface area contributed by atoms with Crippen LogP contribution in [0, 0.1) is 89.0 Å². The number of carboxylic acid groups (broad SMARTS) is 6. The smallest absolute Gasteiger partial charge is 0.303 e. The predicted molar refractivity (Wildman–Crippen MR) is 118 cm³/mol. The van der Waals surface area contributed by atoms with Crippen LogP contribution in [0.15, 0.2) is 0 Å². The topological polar surface area (TPSA) is 255 Å². The Morgan fingerprint density at radius 1 is 0.444 bits per heavy atom. The van der Waals surface area contributed by atoms with E-state index in [9.17, 15) is 28.8 Å². The minimum Gasteiger partial charge on any atom is -0.481 e. The normalized spacial score (nSPS) is 11.4. The van der Waals surface area contributed by atoms with Gasteiger partial charge < -0.3 is 36.1 Å². The summed E-state index contributed by atoms with van der Waals surface area (Å²) in [4.78, 5) is 60.4. The van der Waals surface area contributed by atoms with E-state index in [0.717, 1.165) is 0 Å². The molecule has 15 heteroatoms. The largest absolute Gasteiger partial charge is 0.481 e. The number of hydrogen-bond acceptors (Lipinski definition) is 6. The number of aliphatic carboxylic acids is 6. The monoisotopic (exact) mass is 776 g/mol. The van der Waals surface area contributed by atoms with Gasteiger partial charge in [-0.25, -0.2) is 0 Å². The van der Waals surface area contributed by atoms with E-state index in [1.165, 1.54) is 0 Å². The molecule has 0 aliphatic heterocycles. The molecule has 8 N–H and O–H groups in total. The third-order valence-corrected chi connectivity index (χ3v) is 4.12. The zero-order valence-corrected chi connectivity index (χ0v) is 28.1. The van der Waals surface area contributed by atoms with Gasteiger partial charge in [0.25, 0.3) is 0 Å². The molecule has 0 fully saturated rings. The summed E-state index contributed by atoms with van der Waals surface area (Å²) in [6, 6.07) is 0. The second-order valence-corrected chi connectivity index (χ2v) is 7.91. The fourth-order valence-electron chi connectivity index (χ4n) is 2.31. The SMILES string of the molecule is CC(CCC(=O)O)CC(=O)O.CC(CCC(=O)O)CC(=O)O.CC(CCC(=O)O)CC(=O)O.O.[La].[La]. The Labute approximate surface area is 265 Å². The number of rotatable bonds is 15. The van der Waals surface area contributed by atoms with Crippen molar-refractivity contribution in [1.82, 2.24) is 0 Å².